The molecule has 116 valence electrons. The van der Waals surface area contributed by atoms with Gasteiger partial charge in [-0.1, -0.05) is 36.4 Å². The van der Waals surface area contributed by atoms with Crippen LogP contribution in [0.25, 0.3) is 0 Å². The Kier molecular flexibility index (Phi) is 5.72. The van der Waals surface area contributed by atoms with E-state index in [1.165, 1.54) is 13.2 Å². The molecule has 0 aliphatic rings. The molecule has 5 heteroatoms. The third kappa shape index (κ3) is 4.43. The molecule has 2 aromatic carbocycles. The van der Waals surface area contributed by atoms with Crippen molar-refractivity contribution in [3.63, 3.8) is 0 Å². The molecule has 0 fully saturated rings. The maximum Gasteiger partial charge on any atom is 0.167 e. The van der Waals surface area contributed by atoms with Gasteiger partial charge in [0.2, 0.25) is 0 Å². The van der Waals surface area contributed by atoms with E-state index < -0.39 is 0 Å². The van der Waals surface area contributed by atoms with Crippen molar-refractivity contribution in [1.29, 1.82) is 0 Å². The van der Waals surface area contributed by atoms with Gasteiger partial charge in [-0.15, -0.1) is 0 Å². The maximum absolute atomic E-state index is 13.7. The molecule has 0 aliphatic carbocycles. The summed E-state index contributed by atoms with van der Waals surface area (Å²) in [6.45, 7) is 2.58. The lowest BCUT2D eigenvalue weighted by atomic mass is 10.1. The molecule has 22 heavy (non-hydrogen) atoms. The van der Waals surface area contributed by atoms with Gasteiger partial charge in [-0.05, 0) is 42.4 Å². The third-order valence-corrected chi connectivity index (χ3v) is 3.58. The van der Waals surface area contributed by atoms with E-state index in [-0.39, 0.29) is 17.6 Å². The Balaban J connectivity index is 1.89. The molecule has 0 aromatic heterocycles. The third-order valence-electron chi connectivity index (χ3n) is 3.32. The predicted octanol–water partition coefficient (Wildman–Crippen LogP) is 3.56. The second kappa shape index (κ2) is 7.75. The summed E-state index contributed by atoms with van der Waals surface area (Å²) in [6, 6.07) is 14.8. The van der Waals surface area contributed by atoms with E-state index in [0.717, 1.165) is 11.1 Å². The summed E-state index contributed by atoms with van der Waals surface area (Å²) in [5, 5.41) is 6.82. The molecule has 1 atom stereocenters. The maximum atomic E-state index is 13.7. The van der Waals surface area contributed by atoms with E-state index in [4.69, 9.17) is 17.0 Å². The van der Waals surface area contributed by atoms with Gasteiger partial charge >= 0.3 is 0 Å². The molecule has 0 bridgehead atoms. The average Bonchev–Trinajstić information content (AvgIpc) is 2.53. The summed E-state index contributed by atoms with van der Waals surface area (Å²) in [5.74, 6) is -0.141. The van der Waals surface area contributed by atoms with Crippen LogP contribution in [0.2, 0.25) is 0 Å². The molecule has 0 amide bonds. The molecule has 0 saturated heterocycles. The molecule has 3 nitrogen and oxygen atoms in total. The fourth-order valence-electron chi connectivity index (χ4n) is 2.06. The predicted molar refractivity (Wildman–Crippen MR) is 90.4 cm³/mol. The van der Waals surface area contributed by atoms with Crippen LogP contribution in [0.4, 0.5) is 4.39 Å². The zero-order valence-electron chi connectivity index (χ0n) is 12.6. The minimum atomic E-state index is -0.378. The zero-order valence-corrected chi connectivity index (χ0v) is 13.4. The first-order chi connectivity index (χ1) is 10.6. The van der Waals surface area contributed by atoms with Gasteiger partial charge in [0.05, 0.1) is 13.2 Å². The van der Waals surface area contributed by atoms with Gasteiger partial charge in [0, 0.05) is 6.54 Å². The van der Waals surface area contributed by atoms with Crippen molar-refractivity contribution >= 4 is 17.3 Å². The number of hydrogen-bond donors (Lipinski definition) is 2. The average molecular weight is 318 g/mol. The molecule has 0 spiro atoms. The number of rotatable bonds is 5. The molecule has 0 unspecified atom stereocenters. The first kappa shape index (κ1) is 16.2. The summed E-state index contributed by atoms with van der Waals surface area (Å²) in [6.07, 6.45) is 0. The number of halogens is 1. The SMILES string of the molecule is COc1ccc([C@@H](C)NC(=S)NCc2ccccc2)cc1F. The van der Waals surface area contributed by atoms with Gasteiger partial charge in [-0.2, -0.15) is 0 Å². The number of methoxy groups -OCH3 is 1. The highest BCUT2D eigenvalue weighted by Crippen LogP contribution is 2.21. The second-order valence-electron chi connectivity index (χ2n) is 4.93. The van der Waals surface area contributed by atoms with E-state index in [1.54, 1.807) is 6.07 Å². The molecule has 0 saturated carbocycles. The Morgan fingerprint density at radius 2 is 1.95 bits per heavy atom. The second-order valence-corrected chi connectivity index (χ2v) is 5.34. The van der Waals surface area contributed by atoms with Crippen molar-refractivity contribution in [3.8, 4) is 5.75 Å². The summed E-state index contributed by atoms with van der Waals surface area (Å²) in [7, 11) is 1.45. The van der Waals surface area contributed by atoms with Crippen LogP contribution in [-0.4, -0.2) is 12.2 Å². The van der Waals surface area contributed by atoms with Crippen LogP contribution in [-0.2, 0) is 6.54 Å². The largest absolute Gasteiger partial charge is 0.494 e. The fraction of sp³-hybridized carbons (Fsp3) is 0.235. The van der Waals surface area contributed by atoms with E-state index in [1.807, 2.05) is 43.3 Å². The molecule has 2 aromatic rings. The van der Waals surface area contributed by atoms with Crippen molar-refractivity contribution in [2.24, 2.45) is 0 Å². The van der Waals surface area contributed by atoms with Crippen LogP contribution in [0.5, 0.6) is 5.75 Å². The van der Waals surface area contributed by atoms with Crippen LogP contribution < -0.4 is 15.4 Å². The van der Waals surface area contributed by atoms with Crippen LogP contribution in [0.3, 0.4) is 0 Å². The molecule has 0 heterocycles. The van der Waals surface area contributed by atoms with E-state index in [9.17, 15) is 4.39 Å². The zero-order chi connectivity index (χ0) is 15.9. The lowest BCUT2D eigenvalue weighted by molar-refractivity contribution is 0.386. The summed E-state index contributed by atoms with van der Waals surface area (Å²) in [5.41, 5.74) is 1.96. The number of ether oxygens (including phenoxy) is 1. The molecule has 2 N–H and O–H groups in total. The summed E-state index contributed by atoms with van der Waals surface area (Å²) < 4.78 is 18.6. The van der Waals surface area contributed by atoms with Gasteiger partial charge in [0.15, 0.2) is 16.7 Å². The lowest BCUT2D eigenvalue weighted by Crippen LogP contribution is -2.36. The molecule has 0 radical (unpaired) electrons. The number of thiocarbonyl (C=S) groups is 1. The van der Waals surface area contributed by atoms with Crippen LogP contribution in [0.1, 0.15) is 24.1 Å². The summed E-state index contributed by atoms with van der Waals surface area (Å²) >= 11 is 5.27. The normalized spacial score (nSPS) is 11.6. The topological polar surface area (TPSA) is 33.3 Å². The highest BCUT2D eigenvalue weighted by molar-refractivity contribution is 7.80. The van der Waals surface area contributed by atoms with Gasteiger partial charge < -0.3 is 15.4 Å². The Morgan fingerprint density at radius 3 is 2.59 bits per heavy atom. The van der Waals surface area contributed by atoms with Crippen LogP contribution in [0.15, 0.2) is 48.5 Å². The Hall–Kier alpha value is -2.14. The summed E-state index contributed by atoms with van der Waals surface area (Å²) in [4.78, 5) is 0. The number of benzene rings is 2. The quantitative estimate of drug-likeness (QED) is 0.826. The van der Waals surface area contributed by atoms with Gasteiger partial charge in [-0.25, -0.2) is 4.39 Å². The highest BCUT2D eigenvalue weighted by Gasteiger charge is 2.10. The highest BCUT2D eigenvalue weighted by atomic mass is 32.1. The Bertz CT molecular complexity index is 634. The fourth-order valence-corrected chi connectivity index (χ4v) is 2.31. The Morgan fingerprint density at radius 1 is 1.23 bits per heavy atom. The smallest absolute Gasteiger partial charge is 0.167 e. The molecular weight excluding hydrogens is 299 g/mol. The first-order valence-electron chi connectivity index (χ1n) is 7.02. The van der Waals surface area contributed by atoms with Crippen LogP contribution in [0, 0.1) is 5.82 Å². The van der Waals surface area contributed by atoms with Crippen molar-refractivity contribution in [2.75, 3.05) is 7.11 Å². The van der Waals surface area contributed by atoms with Crippen molar-refractivity contribution in [2.45, 2.75) is 19.5 Å². The molecular formula is C17H19FN2OS. The standard InChI is InChI=1S/C17H19FN2OS/c1-12(14-8-9-16(21-2)15(18)10-14)20-17(22)19-11-13-6-4-3-5-7-13/h3-10,12H,11H2,1-2H3,(H2,19,20,22)/t12-/m1/s1. The van der Waals surface area contributed by atoms with E-state index in [2.05, 4.69) is 10.6 Å². The van der Waals surface area contributed by atoms with Gasteiger partial charge in [0.1, 0.15) is 0 Å². The number of nitrogens with one attached hydrogen (secondary N) is 2. The van der Waals surface area contributed by atoms with Gasteiger partial charge in [0.25, 0.3) is 0 Å². The van der Waals surface area contributed by atoms with E-state index in [0.29, 0.717) is 11.7 Å². The van der Waals surface area contributed by atoms with Crippen molar-refractivity contribution < 1.29 is 9.13 Å². The monoisotopic (exact) mass is 318 g/mol. The lowest BCUT2D eigenvalue weighted by Gasteiger charge is -2.18. The molecule has 0 aliphatic heterocycles. The number of hydrogen-bond acceptors (Lipinski definition) is 2. The minimum Gasteiger partial charge on any atom is -0.494 e. The van der Waals surface area contributed by atoms with Crippen molar-refractivity contribution in [3.05, 3.63) is 65.5 Å². The van der Waals surface area contributed by atoms with E-state index >= 15 is 0 Å². The van der Waals surface area contributed by atoms with Gasteiger partial charge in [-0.3, -0.25) is 0 Å². The minimum absolute atomic E-state index is 0.101. The van der Waals surface area contributed by atoms with Crippen LogP contribution >= 0.6 is 12.2 Å². The molecule has 2 rings (SSSR count). The Labute approximate surface area is 135 Å². The van der Waals surface area contributed by atoms with Crippen molar-refractivity contribution in [1.82, 2.24) is 10.6 Å². The first-order valence-corrected chi connectivity index (χ1v) is 7.42.